The van der Waals surface area contributed by atoms with Gasteiger partial charge in [-0.15, -0.1) is 0 Å². The van der Waals surface area contributed by atoms with Gasteiger partial charge in [0.1, 0.15) is 0 Å². The summed E-state index contributed by atoms with van der Waals surface area (Å²) < 4.78 is 1.73. The van der Waals surface area contributed by atoms with E-state index in [-0.39, 0.29) is 11.3 Å². The van der Waals surface area contributed by atoms with E-state index in [0.717, 1.165) is 24.2 Å². The molecule has 0 N–H and O–H groups in total. The molecule has 2 heterocycles. The van der Waals surface area contributed by atoms with Crippen molar-refractivity contribution in [1.82, 2.24) is 9.78 Å². The van der Waals surface area contributed by atoms with Gasteiger partial charge in [0, 0.05) is 24.0 Å². The Kier molecular flexibility index (Phi) is 3.61. The molecular formula is C19H17N3O2. The fourth-order valence-electron chi connectivity index (χ4n) is 3.27. The maximum absolute atomic E-state index is 12.6. The topological polar surface area (TPSA) is 55.2 Å². The smallest absolute Gasteiger partial charge is 0.228 e. The Morgan fingerprint density at radius 1 is 1.08 bits per heavy atom. The number of aromatic nitrogens is 2. The molecule has 0 saturated carbocycles. The molecule has 1 aliphatic heterocycles. The lowest BCUT2D eigenvalue weighted by Gasteiger charge is -2.18. The minimum absolute atomic E-state index is 0.0875. The molecule has 0 radical (unpaired) electrons. The number of aryl methyl sites for hydroxylation is 1. The number of nitrogens with zero attached hydrogens (tertiary/aromatic N) is 3. The third-order valence-electron chi connectivity index (χ3n) is 4.49. The third-order valence-corrected chi connectivity index (χ3v) is 4.49. The van der Waals surface area contributed by atoms with E-state index < -0.39 is 0 Å². The SMILES string of the molecule is O=C(CCn1ncc(=O)c2ccccc21)N1CCc2ccccc21. The van der Waals surface area contributed by atoms with Crippen molar-refractivity contribution in [2.24, 2.45) is 0 Å². The molecular weight excluding hydrogens is 302 g/mol. The first kappa shape index (κ1) is 14.6. The van der Waals surface area contributed by atoms with Crippen molar-refractivity contribution in [3.8, 4) is 0 Å². The average molecular weight is 319 g/mol. The summed E-state index contributed by atoms with van der Waals surface area (Å²) in [6.07, 6.45) is 2.58. The van der Waals surface area contributed by atoms with Crippen LogP contribution < -0.4 is 10.3 Å². The highest BCUT2D eigenvalue weighted by Gasteiger charge is 2.23. The van der Waals surface area contributed by atoms with E-state index in [1.807, 2.05) is 41.3 Å². The first-order valence-electron chi connectivity index (χ1n) is 8.07. The number of fused-ring (bicyclic) bond motifs is 2. The molecule has 0 spiro atoms. The van der Waals surface area contributed by atoms with E-state index in [9.17, 15) is 9.59 Å². The number of para-hydroxylation sites is 2. The van der Waals surface area contributed by atoms with Crippen LogP contribution in [-0.2, 0) is 17.8 Å². The minimum Gasteiger partial charge on any atom is -0.312 e. The highest BCUT2D eigenvalue weighted by molar-refractivity contribution is 5.95. The second-order valence-corrected chi connectivity index (χ2v) is 5.92. The van der Waals surface area contributed by atoms with Crippen LogP contribution in [0, 0.1) is 0 Å². The summed E-state index contributed by atoms with van der Waals surface area (Å²) in [6.45, 7) is 1.19. The number of carbonyl (C=O) groups is 1. The summed E-state index contributed by atoms with van der Waals surface area (Å²) >= 11 is 0. The van der Waals surface area contributed by atoms with Crippen molar-refractivity contribution in [2.75, 3.05) is 11.4 Å². The average Bonchev–Trinajstić information content (AvgIpc) is 3.05. The standard InChI is InChI=1S/C19H17N3O2/c23-18-13-20-22(17-8-4-2-6-15(17)18)12-10-19(24)21-11-9-14-5-1-3-7-16(14)21/h1-8,13H,9-12H2. The molecule has 0 saturated heterocycles. The molecule has 24 heavy (non-hydrogen) atoms. The van der Waals surface area contributed by atoms with Crippen LogP contribution >= 0.6 is 0 Å². The normalized spacial score (nSPS) is 13.2. The van der Waals surface area contributed by atoms with Crippen LogP contribution in [0.4, 0.5) is 5.69 Å². The van der Waals surface area contributed by atoms with Gasteiger partial charge in [-0.1, -0.05) is 30.3 Å². The summed E-state index contributed by atoms with van der Waals surface area (Å²) in [5, 5.41) is 4.81. The quantitative estimate of drug-likeness (QED) is 0.745. The van der Waals surface area contributed by atoms with Gasteiger partial charge in [-0.3, -0.25) is 14.3 Å². The minimum atomic E-state index is -0.0957. The van der Waals surface area contributed by atoms with Gasteiger partial charge in [0.2, 0.25) is 11.3 Å². The molecule has 0 fully saturated rings. The van der Waals surface area contributed by atoms with E-state index in [2.05, 4.69) is 11.2 Å². The Morgan fingerprint density at radius 3 is 2.79 bits per heavy atom. The van der Waals surface area contributed by atoms with Crippen LogP contribution in [0.3, 0.4) is 0 Å². The first-order chi connectivity index (χ1) is 11.7. The fraction of sp³-hybridized carbons (Fsp3) is 0.211. The van der Waals surface area contributed by atoms with Gasteiger partial charge >= 0.3 is 0 Å². The molecule has 5 heteroatoms. The van der Waals surface area contributed by atoms with Crippen LogP contribution in [0.1, 0.15) is 12.0 Å². The number of anilines is 1. The van der Waals surface area contributed by atoms with E-state index in [1.54, 1.807) is 10.7 Å². The van der Waals surface area contributed by atoms with E-state index in [0.29, 0.717) is 18.4 Å². The maximum atomic E-state index is 12.6. The number of amides is 1. The van der Waals surface area contributed by atoms with Crippen molar-refractivity contribution >= 4 is 22.5 Å². The summed E-state index contributed by atoms with van der Waals surface area (Å²) in [6, 6.07) is 15.4. The largest absolute Gasteiger partial charge is 0.312 e. The number of hydrogen-bond donors (Lipinski definition) is 0. The monoisotopic (exact) mass is 319 g/mol. The highest BCUT2D eigenvalue weighted by Crippen LogP contribution is 2.27. The molecule has 5 nitrogen and oxygen atoms in total. The summed E-state index contributed by atoms with van der Waals surface area (Å²) in [4.78, 5) is 26.3. The highest BCUT2D eigenvalue weighted by atomic mass is 16.2. The lowest BCUT2D eigenvalue weighted by molar-refractivity contribution is -0.118. The van der Waals surface area contributed by atoms with Crippen molar-refractivity contribution < 1.29 is 4.79 Å². The lowest BCUT2D eigenvalue weighted by atomic mass is 10.2. The molecule has 1 aromatic heterocycles. The number of hydrogen-bond acceptors (Lipinski definition) is 3. The predicted octanol–water partition coefficient (Wildman–Crippen LogP) is 2.38. The lowest BCUT2D eigenvalue weighted by Crippen LogP contribution is -2.30. The molecule has 0 unspecified atom stereocenters. The fourth-order valence-corrected chi connectivity index (χ4v) is 3.27. The van der Waals surface area contributed by atoms with Crippen molar-refractivity contribution in [2.45, 2.75) is 19.4 Å². The zero-order valence-electron chi connectivity index (χ0n) is 13.2. The Morgan fingerprint density at radius 2 is 1.88 bits per heavy atom. The Hall–Kier alpha value is -2.95. The van der Waals surface area contributed by atoms with Crippen LogP contribution in [0.25, 0.3) is 10.9 Å². The molecule has 0 atom stereocenters. The third kappa shape index (κ3) is 2.48. The molecule has 3 aromatic rings. The van der Waals surface area contributed by atoms with E-state index in [1.165, 1.54) is 11.8 Å². The van der Waals surface area contributed by atoms with Gasteiger partial charge in [0.25, 0.3) is 0 Å². The summed E-state index contributed by atoms with van der Waals surface area (Å²) in [7, 11) is 0. The first-order valence-corrected chi connectivity index (χ1v) is 8.07. The summed E-state index contributed by atoms with van der Waals surface area (Å²) in [5.41, 5.74) is 2.90. The second kappa shape index (κ2) is 5.92. The van der Waals surface area contributed by atoms with Gasteiger partial charge in [-0.2, -0.15) is 5.10 Å². The van der Waals surface area contributed by atoms with E-state index >= 15 is 0 Å². The van der Waals surface area contributed by atoms with Crippen molar-refractivity contribution in [3.63, 3.8) is 0 Å². The number of benzene rings is 2. The van der Waals surface area contributed by atoms with Crippen molar-refractivity contribution in [3.05, 3.63) is 70.5 Å². The predicted molar refractivity (Wildman–Crippen MR) is 93.1 cm³/mol. The summed E-state index contributed by atoms with van der Waals surface area (Å²) in [5.74, 6) is 0.0875. The van der Waals surface area contributed by atoms with Gasteiger partial charge in [-0.05, 0) is 30.2 Å². The maximum Gasteiger partial charge on any atom is 0.228 e. The Labute approximate surface area is 139 Å². The van der Waals surface area contributed by atoms with Gasteiger partial charge in [0.15, 0.2) is 0 Å². The van der Waals surface area contributed by atoms with Crippen molar-refractivity contribution in [1.29, 1.82) is 0 Å². The van der Waals surface area contributed by atoms with Gasteiger partial charge < -0.3 is 4.90 Å². The van der Waals surface area contributed by atoms with Gasteiger partial charge in [0.05, 0.1) is 18.3 Å². The number of rotatable bonds is 3. The molecule has 120 valence electrons. The molecule has 4 rings (SSSR count). The van der Waals surface area contributed by atoms with Crippen LogP contribution in [0.2, 0.25) is 0 Å². The number of carbonyl (C=O) groups excluding carboxylic acids is 1. The Bertz CT molecular complexity index is 978. The second-order valence-electron chi connectivity index (χ2n) is 5.92. The van der Waals surface area contributed by atoms with E-state index in [4.69, 9.17) is 0 Å². The zero-order chi connectivity index (χ0) is 16.5. The molecule has 0 aliphatic carbocycles. The molecule has 1 amide bonds. The van der Waals surface area contributed by atoms with Crippen LogP contribution in [-0.4, -0.2) is 22.2 Å². The molecule has 2 aromatic carbocycles. The van der Waals surface area contributed by atoms with Gasteiger partial charge in [-0.25, -0.2) is 0 Å². The molecule has 0 bridgehead atoms. The van der Waals surface area contributed by atoms with Crippen LogP contribution in [0.5, 0.6) is 0 Å². The van der Waals surface area contributed by atoms with Crippen LogP contribution in [0.15, 0.2) is 59.5 Å². The zero-order valence-corrected chi connectivity index (χ0v) is 13.2. The molecule has 1 aliphatic rings. The Balaban J connectivity index is 1.55.